The zero-order chi connectivity index (χ0) is 10.6. The second-order valence-corrected chi connectivity index (χ2v) is 4.31. The van der Waals surface area contributed by atoms with E-state index in [4.69, 9.17) is 4.74 Å². The van der Waals surface area contributed by atoms with Crippen molar-refractivity contribution in [2.75, 3.05) is 6.61 Å². The van der Waals surface area contributed by atoms with E-state index in [0.717, 1.165) is 11.3 Å². The van der Waals surface area contributed by atoms with Crippen molar-refractivity contribution < 1.29 is 9.84 Å². The highest BCUT2D eigenvalue weighted by atomic mass is 16.5. The van der Waals surface area contributed by atoms with Crippen LogP contribution in [0.2, 0.25) is 0 Å². The lowest BCUT2D eigenvalue weighted by Gasteiger charge is -2.21. The van der Waals surface area contributed by atoms with Crippen molar-refractivity contribution >= 4 is 0 Å². The van der Waals surface area contributed by atoms with E-state index in [2.05, 4.69) is 0 Å². The maximum atomic E-state index is 10.4. The highest BCUT2D eigenvalue weighted by Crippen LogP contribution is 2.18. The monoisotopic (exact) mass is 193 g/mol. The second kappa shape index (κ2) is 4.47. The van der Waals surface area contributed by atoms with Gasteiger partial charge in [-0.2, -0.15) is 0 Å². The van der Waals surface area contributed by atoms with E-state index >= 15 is 0 Å². The number of benzene rings is 1. The van der Waals surface area contributed by atoms with E-state index in [0.29, 0.717) is 6.42 Å². The van der Waals surface area contributed by atoms with Gasteiger partial charge >= 0.3 is 0 Å². The summed E-state index contributed by atoms with van der Waals surface area (Å²) in [5.41, 5.74) is 0.904. The van der Waals surface area contributed by atoms with Crippen molar-refractivity contribution in [3.8, 4) is 5.75 Å². The highest BCUT2D eigenvalue weighted by Gasteiger charge is 2.10. The van der Waals surface area contributed by atoms with Crippen molar-refractivity contribution in [3.63, 3.8) is 0 Å². The average Bonchev–Trinajstić information content (AvgIpc) is 2.06. The molecule has 1 aromatic carbocycles. The Kier molecular flexibility index (Phi) is 3.53. The van der Waals surface area contributed by atoms with Crippen LogP contribution in [-0.4, -0.2) is 12.2 Å². The molecule has 0 saturated heterocycles. The number of hydrogen-bond acceptors (Lipinski definition) is 1. The van der Waals surface area contributed by atoms with Crippen LogP contribution in [0.3, 0.4) is 0 Å². The third-order valence-electron chi connectivity index (χ3n) is 1.74. The van der Waals surface area contributed by atoms with Crippen LogP contribution in [0.1, 0.15) is 26.3 Å². The van der Waals surface area contributed by atoms with Crippen LogP contribution < -0.4 is 4.74 Å². The third-order valence-corrected chi connectivity index (χ3v) is 1.74. The Morgan fingerprint density at radius 3 is 2.14 bits per heavy atom. The molecule has 0 atom stereocenters. The summed E-state index contributed by atoms with van der Waals surface area (Å²) in [6, 6.07) is 7.71. The van der Waals surface area contributed by atoms with Crippen molar-refractivity contribution in [1.82, 2.24) is 0 Å². The smallest absolute Gasteiger partial charge is 0.120 e. The standard InChI is InChI=1S/C12H17O2/c1-12(2,3)14-11-6-4-10(5-7-11)8-9-13/h4-7H,8-9H2,1-3H3. The van der Waals surface area contributed by atoms with E-state index in [1.807, 2.05) is 45.0 Å². The molecular formula is C12H17O2. The maximum Gasteiger partial charge on any atom is 0.120 e. The van der Waals surface area contributed by atoms with Crippen LogP contribution in [0.15, 0.2) is 24.3 Å². The molecule has 1 radical (unpaired) electrons. The molecule has 0 aliphatic heterocycles. The summed E-state index contributed by atoms with van der Waals surface area (Å²) in [4.78, 5) is 0. The van der Waals surface area contributed by atoms with E-state index in [9.17, 15) is 5.11 Å². The Balaban J connectivity index is 2.64. The van der Waals surface area contributed by atoms with Crippen molar-refractivity contribution in [2.45, 2.75) is 32.8 Å². The molecule has 0 saturated carbocycles. The maximum absolute atomic E-state index is 10.4. The molecule has 0 unspecified atom stereocenters. The minimum absolute atomic E-state index is 0.0561. The van der Waals surface area contributed by atoms with Crippen molar-refractivity contribution in [1.29, 1.82) is 0 Å². The second-order valence-electron chi connectivity index (χ2n) is 4.31. The predicted octanol–water partition coefficient (Wildman–Crippen LogP) is 2.84. The summed E-state index contributed by atoms with van der Waals surface area (Å²) in [5, 5.41) is 10.4. The quantitative estimate of drug-likeness (QED) is 0.725. The lowest BCUT2D eigenvalue weighted by Crippen LogP contribution is -2.22. The first-order valence-corrected chi connectivity index (χ1v) is 4.87. The minimum Gasteiger partial charge on any atom is -0.488 e. The minimum atomic E-state index is -0.167. The first kappa shape index (κ1) is 11.1. The molecule has 77 valence electrons. The van der Waals surface area contributed by atoms with Crippen molar-refractivity contribution in [3.05, 3.63) is 29.8 Å². The lowest BCUT2D eigenvalue weighted by molar-refractivity contribution is 0.131. The molecular weight excluding hydrogens is 176 g/mol. The van der Waals surface area contributed by atoms with Gasteiger partial charge in [-0.1, -0.05) is 12.1 Å². The van der Waals surface area contributed by atoms with Gasteiger partial charge in [-0.05, 0) is 44.9 Å². The predicted molar refractivity (Wildman–Crippen MR) is 56.1 cm³/mol. The number of hydrogen-bond donors (Lipinski definition) is 0. The SMILES string of the molecule is CC(C)(C)Oc1ccc(CC[O])cc1. The zero-order valence-corrected chi connectivity index (χ0v) is 9.04. The fourth-order valence-electron chi connectivity index (χ4n) is 1.20. The summed E-state index contributed by atoms with van der Waals surface area (Å²) in [5.74, 6) is 0.854. The molecule has 0 fully saturated rings. The van der Waals surface area contributed by atoms with Crippen LogP contribution >= 0.6 is 0 Å². The molecule has 0 N–H and O–H groups in total. The fourth-order valence-corrected chi connectivity index (χ4v) is 1.20. The third kappa shape index (κ3) is 3.79. The summed E-state index contributed by atoms with van der Waals surface area (Å²) in [6.07, 6.45) is 0.593. The van der Waals surface area contributed by atoms with Crippen molar-refractivity contribution in [2.24, 2.45) is 0 Å². The topological polar surface area (TPSA) is 29.1 Å². The zero-order valence-electron chi connectivity index (χ0n) is 9.04. The molecule has 0 aliphatic rings. The van der Waals surface area contributed by atoms with Crippen LogP contribution in [0.4, 0.5) is 0 Å². The summed E-state index contributed by atoms with van der Waals surface area (Å²) >= 11 is 0. The molecule has 0 heterocycles. The summed E-state index contributed by atoms with van der Waals surface area (Å²) < 4.78 is 5.66. The van der Waals surface area contributed by atoms with Crippen LogP contribution in [0, 0.1) is 0 Å². The van der Waals surface area contributed by atoms with E-state index < -0.39 is 0 Å². The van der Waals surface area contributed by atoms with Gasteiger partial charge in [0, 0.05) is 0 Å². The Labute approximate surface area is 85.5 Å². The fraction of sp³-hybridized carbons (Fsp3) is 0.500. The first-order chi connectivity index (χ1) is 6.51. The van der Waals surface area contributed by atoms with Gasteiger partial charge < -0.3 is 4.74 Å². The largest absolute Gasteiger partial charge is 0.488 e. The Morgan fingerprint density at radius 2 is 1.71 bits per heavy atom. The average molecular weight is 193 g/mol. The van der Waals surface area contributed by atoms with Crippen LogP contribution in [0.25, 0.3) is 0 Å². The van der Waals surface area contributed by atoms with E-state index in [-0.39, 0.29) is 12.2 Å². The van der Waals surface area contributed by atoms with Gasteiger partial charge in [-0.3, -0.25) is 0 Å². The molecule has 2 nitrogen and oxygen atoms in total. The van der Waals surface area contributed by atoms with Gasteiger partial charge in [0.1, 0.15) is 11.4 Å². The number of ether oxygens (including phenoxy) is 1. The molecule has 14 heavy (non-hydrogen) atoms. The molecule has 1 aromatic rings. The van der Waals surface area contributed by atoms with Crippen LogP contribution in [-0.2, 0) is 11.5 Å². The van der Waals surface area contributed by atoms with Gasteiger partial charge in [0.15, 0.2) is 0 Å². The van der Waals surface area contributed by atoms with Gasteiger partial charge in [-0.15, -0.1) is 0 Å². The van der Waals surface area contributed by atoms with Gasteiger partial charge in [0.25, 0.3) is 0 Å². The number of rotatable bonds is 3. The Morgan fingerprint density at radius 1 is 1.14 bits per heavy atom. The molecule has 0 spiro atoms. The van der Waals surface area contributed by atoms with Gasteiger partial charge in [0.2, 0.25) is 0 Å². The normalized spacial score (nSPS) is 11.4. The molecule has 0 amide bonds. The van der Waals surface area contributed by atoms with Gasteiger partial charge in [-0.25, -0.2) is 5.11 Å². The molecule has 0 aliphatic carbocycles. The van der Waals surface area contributed by atoms with Crippen LogP contribution in [0.5, 0.6) is 5.75 Å². The molecule has 2 heteroatoms. The van der Waals surface area contributed by atoms with E-state index in [1.165, 1.54) is 0 Å². The lowest BCUT2D eigenvalue weighted by atomic mass is 10.1. The summed E-state index contributed by atoms with van der Waals surface area (Å²) in [7, 11) is 0. The molecule has 0 aromatic heterocycles. The molecule has 0 bridgehead atoms. The molecule has 1 rings (SSSR count). The van der Waals surface area contributed by atoms with Gasteiger partial charge in [0.05, 0.1) is 6.61 Å². The Hall–Kier alpha value is -1.02. The first-order valence-electron chi connectivity index (χ1n) is 4.87. The summed E-state index contributed by atoms with van der Waals surface area (Å²) in [6.45, 7) is 5.98. The Bertz CT molecular complexity index is 269. The highest BCUT2D eigenvalue weighted by molar-refractivity contribution is 5.27. The van der Waals surface area contributed by atoms with E-state index in [1.54, 1.807) is 0 Å².